The molecule has 0 unspecified atom stereocenters. The predicted molar refractivity (Wildman–Crippen MR) is 229 cm³/mol. The Morgan fingerprint density at radius 2 is 0.737 bits per heavy atom. The highest BCUT2D eigenvalue weighted by Gasteiger charge is 2.46. The first-order valence-electron chi connectivity index (χ1n) is 19.1. The lowest BCUT2D eigenvalue weighted by Gasteiger charge is -2.34. The maximum atomic E-state index is 9.88. The lowest BCUT2D eigenvalue weighted by atomic mass is 9.67. The molecule has 0 bridgehead atoms. The van der Waals surface area contributed by atoms with Crippen molar-refractivity contribution in [2.45, 2.75) is 5.41 Å². The highest BCUT2D eigenvalue weighted by molar-refractivity contribution is 5.89. The van der Waals surface area contributed by atoms with Crippen LogP contribution < -0.4 is 0 Å². The Morgan fingerprint density at radius 3 is 1.21 bits per heavy atom. The number of nitriles is 1. The normalized spacial score (nSPS) is 12.3. The van der Waals surface area contributed by atoms with Gasteiger partial charge in [-0.25, -0.2) is 15.0 Å². The van der Waals surface area contributed by atoms with E-state index in [1.165, 1.54) is 22.3 Å². The molecule has 0 N–H and O–H groups in total. The smallest absolute Gasteiger partial charge is 0.164 e. The van der Waals surface area contributed by atoms with Gasteiger partial charge in [0.15, 0.2) is 17.5 Å². The van der Waals surface area contributed by atoms with E-state index in [-0.39, 0.29) is 0 Å². The zero-order valence-electron chi connectivity index (χ0n) is 30.9. The molecule has 4 heteroatoms. The van der Waals surface area contributed by atoms with Crippen molar-refractivity contribution in [3.8, 4) is 73.6 Å². The molecular weight excluding hydrogens is 693 g/mol. The molecule has 0 saturated carbocycles. The fourth-order valence-corrected chi connectivity index (χ4v) is 8.35. The lowest BCUT2D eigenvalue weighted by molar-refractivity contribution is 0.768. The van der Waals surface area contributed by atoms with E-state index in [0.717, 1.165) is 50.1 Å². The maximum Gasteiger partial charge on any atom is 0.164 e. The summed E-state index contributed by atoms with van der Waals surface area (Å²) in [5, 5.41) is 9.88. The fourth-order valence-electron chi connectivity index (χ4n) is 8.35. The molecule has 1 aliphatic carbocycles. The summed E-state index contributed by atoms with van der Waals surface area (Å²) in [7, 11) is 0. The van der Waals surface area contributed by atoms with E-state index in [0.29, 0.717) is 23.0 Å². The fraction of sp³-hybridized carbons (Fsp3) is 0.0189. The van der Waals surface area contributed by atoms with Crippen molar-refractivity contribution >= 4 is 0 Å². The van der Waals surface area contributed by atoms with Crippen LogP contribution in [0.4, 0.5) is 0 Å². The van der Waals surface area contributed by atoms with Gasteiger partial charge < -0.3 is 0 Å². The van der Waals surface area contributed by atoms with E-state index in [4.69, 9.17) is 15.0 Å². The average molecular weight is 727 g/mol. The van der Waals surface area contributed by atoms with Crippen LogP contribution in [0, 0.1) is 11.3 Å². The molecule has 8 aromatic carbocycles. The molecule has 9 aromatic rings. The second kappa shape index (κ2) is 14.2. The Hall–Kier alpha value is -7.74. The number of aromatic nitrogens is 3. The SMILES string of the molecule is N#Cc1ccc2c(c1)-c1ccc(-c3ccc(-c4ccc(-c5nc(-c6ccccc6)nc(-c6ccccc6)n5)cc4)cc3)cc1C2(c1ccccc1)c1ccccc1. The van der Waals surface area contributed by atoms with Crippen LogP contribution in [0.25, 0.3) is 67.5 Å². The zero-order valence-corrected chi connectivity index (χ0v) is 30.9. The number of benzene rings is 8. The summed E-state index contributed by atoms with van der Waals surface area (Å²) in [6, 6.07) is 74.1. The van der Waals surface area contributed by atoms with E-state index >= 15 is 0 Å². The molecular formula is C53H34N4. The van der Waals surface area contributed by atoms with Crippen LogP contribution in [-0.4, -0.2) is 15.0 Å². The Balaban J connectivity index is 1.01. The number of hydrogen-bond acceptors (Lipinski definition) is 4. The van der Waals surface area contributed by atoms with Crippen LogP contribution in [0.5, 0.6) is 0 Å². The van der Waals surface area contributed by atoms with Gasteiger partial charge in [0, 0.05) is 16.7 Å². The van der Waals surface area contributed by atoms with Crippen molar-refractivity contribution in [1.82, 2.24) is 15.0 Å². The Labute approximate surface area is 332 Å². The van der Waals surface area contributed by atoms with Crippen molar-refractivity contribution in [1.29, 1.82) is 5.26 Å². The quantitative estimate of drug-likeness (QED) is 0.164. The van der Waals surface area contributed by atoms with Crippen LogP contribution in [0.1, 0.15) is 27.8 Å². The monoisotopic (exact) mass is 726 g/mol. The van der Waals surface area contributed by atoms with Gasteiger partial charge >= 0.3 is 0 Å². The third-order valence-corrected chi connectivity index (χ3v) is 11.1. The minimum absolute atomic E-state index is 0.541. The third kappa shape index (κ3) is 5.90. The van der Waals surface area contributed by atoms with E-state index in [1.54, 1.807) is 0 Å². The molecule has 0 spiro atoms. The summed E-state index contributed by atoms with van der Waals surface area (Å²) in [5.74, 6) is 1.92. The number of hydrogen-bond donors (Lipinski definition) is 0. The highest BCUT2D eigenvalue weighted by atomic mass is 15.0. The molecule has 10 rings (SSSR count). The first-order chi connectivity index (χ1) is 28.2. The summed E-state index contributed by atoms with van der Waals surface area (Å²) >= 11 is 0. The summed E-state index contributed by atoms with van der Waals surface area (Å²) in [4.78, 5) is 14.7. The second-order valence-electron chi connectivity index (χ2n) is 14.3. The van der Waals surface area contributed by atoms with E-state index < -0.39 is 5.41 Å². The van der Waals surface area contributed by atoms with Gasteiger partial charge in [-0.05, 0) is 73.8 Å². The molecule has 0 amide bonds. The molecule has 57 heavy (non-hydrogen) atoms. The standard InChI is InChI=1S/C53H34N4/c54-35-36-21-32-48-47(33-36)46-31-30-43(34-49(46)53(48,44-17-9-3-10-18-44)45-19-11-4-12-20-45)39-24-22-37(23-25-39)38-26-28-42(29-27-38)52-56-50(40-13-5-1-6-14-40)55-51(57-52)41-15-7-2-8-16-41/h1-34H. The highest BCUT2D eigenvalue weighted by Crippen LogP contribution is 2.57. The van der Waals surface area contributed by atoms with Gasteiger partial charge in [0.2, 0.25) is 0 Å². The van der Waals surface area contributed by atoms with E-state index in [9.17, 15) is 5.26 Å². The minimum atomic E-state index is -0.541. The van der Waals surface area contributed by atoms with Crippen LogP contribution in [0.3, 0.4) is 0 Å². The molecule has 1 heterocycles. The topological polar surface area (TPSA) is 62.5 Å². The van der Waals surface area contributed by atoms with Crippen LogP contribution in [0.15, 0.2) is 206 Å². The van der Waals surface area contributed by atoms with Gasteiger partial charge in [-0.15, -0.1) is 0 Å². The van der Waals surface area contributed by atoms with E-state index in [1.807, 2.05) is 72.8 Å². The Kier molecular flexibility index (Phi) is 8.39. The average Bonchev–Trinajstić information content (AvgIpc) is 3.60. The van der Waals surface area contributed by atoms with Gasteiger partial charge in [-0.2, -0.15) is 5.26 Å². The molecule has 0 fully saturated rings. The van der Waals surface area contributed by atoms with Crippen molar-refractivity contribution in [3.63, 3.8) is 0 Å². The number of rotatable bonds is 7. The molecule has 4 nitrogen and oxygen atoms in total. The van der Waals surface area contributed by atoms with E-state index in [2.05, 4.69) is 140 Å². The molecule has 0 saturated heterocycles. The third-order valence-electron chi connectivity index (χ3n) is 11.1. The Morgan fingerprint density at radius 1 is 0.333 bits per heavy atom. The molecule has 1 aliphatic rings. The van der Waals surface area contributed by atoms with Crippen molar-refractivity contribution in [2.75, 3.05) is 0 Å². The first kappa shape index (κ1) is 33.8. The van der Waals surface area contributed by atoms with Gasteiger partial charge in [-0.1, -0.05) is 188 Å². The molecule has 0 atom stereocenters. The molecule has 0 radical (unpaired) electrons. The zero-order chi connectivity index (χ0) is 38.2. The molecule has 1 aromatic heterocycles. The minimum Gasteiger partial charge on any atom is -0.208 e. The molecule has 0 aliphatic heterocycles. The van der Waals surface area contributed by atoms with Crippen LogP contribution in [-0.2, 0) is 5.41 Å². The van der Waals surface area contributed by atoms with Gasteiger partial charge in [0.1, 0.15) is 0 Å². The van der Waals surface area contributed by atoms with Crippen LogP contribution >= 0.6 is 0 Å². The van der Waals surface area contributed by atoms with Crippen molar-refractivity contribution in [3.05, 3.63) is 234 Å². The number of nitrogens with zero attached hydrogens (tertiary/aromatic N) is 4. The largest absolute Gasteiger partial charge is 0.208 e. The van der Waals surface area contributed by atoms with Gasteiger partial charge in [0.05, 0.1) is 17.0 Å². The summed E-state index contributed by atoms with van der Waals surface area (Å²) in [6.45, 7) is 0. The summed E-state index contributed by atoms with van der Waals surface area (Å²) in [6.07, 6.45) is 0. The maximum absolute atomic E-state index is 9.88. The molecule has 266 valence electrons. The Bertz CT molecular complexity index is 2820. The van der Waals surface area contributed by atoms with Gasteiger partial charge in [0.25, 0.3) is 0 Å². The van der Waals surface area contributed by atoms with Crippen molar-refractivity contribution in [2.24, 2.45) is 0 Å². The second-order valence-corrected chi connectivity index (χ2v) is 14.3. The summed E-state index contributed by atoms with van der Waals surface area (Å²) in [5.41, 5.74) is 14.5. The van der Waals surface area contributed by atoms with Gasteiger partial charge in [-0.3, -0.25) is 0 Å². The lowest BCUT2D eigenvalue weighted by Crippen LogP contribution is -2.28. The summed E-state index contributed by atoms with van der Waals surface area (Å²) < 4.78 is 0. The van der Waals surface area contributed by atoms with Crippen molar-refractivity contribution < 1.29 is 0 Å². The predicted octanol–water partition coefficient (Wildman–Crippen LogP) is 12.4. The number of fused-ring (bicyclic) bond motifs is 3. The van der Waals surface area contributed by atoms with Crippen LogP contribution in [0.2, 0.25) is 0 Å². The first-order valence-corrected chi connectivity index (χ1v) is 19.1.